The predicted molar refractivity (Wildman–Crippen MR) is 187 cm³/mol. The van der Waals surface area contributed by atoms with Gasteiger partial charge in [0, 0.05) is 73.3 Å². The second-order valence-electron chi connectivity index (χ2n) is 12.5. The summed E-state index contributed by atoms with van der Waals surface area (Å²) < 4.78 is 0. The lowest BCUT2D eigenvalue weighted by molar-refractivity contribution is -0.134. The third-order valence-electron chi connectivity index (χ3n) is 8.99. The molecule has 2 aliphatic carbocycles. The molecule has 0 fully saturated rings. The summed E-state index contributed by atoms with van der Waals surface area (Å²) in [5.41, 5.74) is 4.75. The van der Waals surface area contributed by atoms with E-state index in [4.69, 9.17) is 11.6 Å². The maximum absolute atomic E-state index is 12.4. The summed E-state index contributed by atoms with van der Waals surface area (Å²) in [5.74, 6) is 2.09. The van der Waals surface area contributed by atoms with Crippen LogP contribution in [-0.2, 0) is 41.8 Å². The molecule has 0 bridgehead atoms. The fraction of sp³-hybridized carbons (Fsp3) is 0.394. The molecule has 2 amide bonds. The normalized spacial score (nSPS) is 17.8. The Labute approximate surface area is 285 Å². The van der Waals surface area contributed by atoms with E-state index in [9.17, 15) is 9.59 Å². The third kappa shape index (κ3) is 6.07. The lowest BCUT2D eigenvalue weighted by atomic mass is 9.87. The lowest BCUT2D eigenvalue weighted by Gasteiger charge is -2.24. The maximum Gasteiger partial charge on any atom is 0.225 e. The molecule has 5 aromatic rings. The van der Waals surface area contributed by atoms with Gasteiger partial charge >= 0.3 is 0 Å². The Balaban J connectivity index is 0.000000161. The van der Waals surface area contributed by atoms with Gasteiger partial charge in [0.1, 0.15) is 39.1 Å². The molecule has 14 heteroatoms. The number of nitrogens with zero attached hydrogens (tertiary/aromatic N) is 8. The van der Waals surface area contributed by atoms with E-state index in [2.05, 4.69) is 35.2 Å². The molecule has 0 unspecified atom stereocenters. The molecule has 0 saturated heterocycles. The molecule has 0 aromatic carbocycles. The second kappa shape index (κ2) is 12.9. The zero-order valence-electron chi connectivity index (χ0n) is 26.6. The van der Waals surface area contributed by atoms with Crippen molar-refractivity contribution in [3.63, 3.8) is 0 Å². The van der Waals surface area contributed by atoms with Crippen molar-refractivity contribution in [1.82, 2.24) is 34.7 Å². The monoisotopic (exact) mass is 687 g/mol. The van der Waals surface area contributed by atoms with Gasteiger partial charge in [0.15, 0.2) is 0 Å². The molecular weight excluding hydrogens is 654 g/mol. The molecule has 3 aliphatic rings. The number of anilines is 2. The van der Waals surface area contributed by atoms with Crippen molar-refractivity contribution in [2.24, 2.45) is 16.8 Å². The number of halogens is 1. The van der Waals surface area contributed by atoms with E-state index in [1.807, 2.05) is 46.7 Å². The number of hydrogen-bond donors (Lipinski definition) is 1. The number of thiophene rings is 2. The van der Waals surface area contributed by atoms with E-state index in [1.165, 1.54) is 27.2 Å². The molecular formula is C33H34ClN9O2S2. The van der Waals surface area contributed by atoms with Crippen molar-refractivity contribution in [3.8, 4) is 0 Å². The summed E-state index contributed by atoms with van der Waals surface area (Å²) in [6.45, 7) is 0.700. The number of aryl methyl sites for hydroxylation is 2. The topological polar surface area (TPSA) is 129 Å². The summed E-state index contributed by atoms with van der Waals surface area (Å²) in [5, 5.41) is 5.95. The Morgan fingerprint density at radius 1 is 0.830 bits per heavy atom. The van der Waals surface area contributed by atoms with Crippen LogP contribution in [0.25, 0.3) is 20.4 Å². The van der Waals surface area contributed by atoms with E-state index < -0.39 is 0 Å². The number of carbonyl (C=O) groups is 2. The molecule has 0 radical (unpaired) electrons. The largest absolute Gasteiger partial charge is 0.349 e. The van der Waals surface area contributed by atoms with Gasteiger partial charge in [0.25, 0.3) is 0 Å². The van der Waals surface area contributed by atoms with Gasteiger partial charge < -0.3 is 15.1 Å². The number of carbonyl (C=O) groups excluding carboxylic acids is 2. The minimum Gasteiger partial charge on any atom is -0.349 e. The van der Waals surface area contributed by atoms with Gasteiger partial charge in [0.2, 0.25) is 11.8 Å². The van der Waals surface area contributed by atoms with Crippen LogP contribution in [0.1, 0.15) is 44.8 Å². The fourth-order valence-electron chi connectivity index (χ4n) is 6.61. The number of rotatable bonds is 4. The maximum atomic E-state index is 12.4. The summed E-state index contributed by atoms with van der Waals surface area (Å²) in [4.78, 5) is 58.3. The van der Waals surface area contributed by atoms with Crippen LogP contribution in [0.4, 0.5) is 11.6 Å². The number of pyridine rings is 1. The summed E-state index contributed by atoms with van der Waals surface area (Å²) in [6.07, 6.45) is 11.9. The number of hydrogen-bond acceptors (Lipinski definition) is 11. The molecule has 1 aliphatic heterocycles. The molecule has 5 aromatic heterocycles. The van der Waals surface area contributed by atoms with Crippen LogP contribution in [0.15, 0.2) is 29.9 Å². The molecule has 2 atom stereocenters. The first-order chi connectivity index (χ1) is 22.7. The van der Waals surface area contributed by atoms with Crippen LogP contribution < -0.4 is 5.32 Å². The molecule has 8 rings (SSSR count). The fourth-order valence-corrected chi connectivity index (χ4v) is 9.45. The highest BCUT2D eigenvalue weighted by Crippen LogP contribution is 2.41. The van der Waals surface area contributed by atoms with E-state index >= 15 is 0 Å². The lowest BCUT2D eigenvalue weighted by Crippen LogP contribution is -2.32. The second-order valence-corrected chi connectivity index (χ2v) is 15.0. The van der Waals surface area contributed by atoms with Crippen LogP contribution >= 0.6 is 34.3 Å². The summed E-state index contributed by atoms with van der Waals surface area (Å²) in [6, 6.07) is 2.00. The zero-order valence-corrected chi connectivity index (χ0v) is 29.0. The first-order valence-electron chi connectivity index (χ1n) is 15.5. The van der Waals surface area contributed by atoms with Crippen LogP contribution in [0.3, 0.4) is 0 Å². The van der Waals surface area contributed by atoms with Crippen LogP contribution in [0, 0.1) is 11.8 Å². The van der Waals surface area contributed by atoms with Gasteiger partial charge in [-0.25, -0.2) is 24.9 Å². The number of aromatic nitrogens is 5. The van der Waals surface area contributed by atoms with Gasteiger partial charge in [-0.2, -0.15) is 0 Å². The Kier molecular flexibility index (Phi) is 8.62. The Bertz CT molecular complexity index is 2050. The van der Waals surface area contributed by atoms with Gasteiger partial charge in [-0.05, 0) is 55.7 Å². The standard InChI is InChI=1S/C20H20N6OS.C13H14ClN3OS/c1-26(2)20(27)11-3-4-14-15(5-11)28-19-17(14)18(23-10-24-19)25-16-6-12-7-21-8-13(12)9-22-16;1-17(2)13(18)7-3-4-8-9(5-7)19-12-10(8)11(14)15-6-16-12/h6-7,9-11H,3-5,8H2,1-2H3,(H,22,23,24,25);6-7H,3-5H2,1-2H3/t11-;7-/m00/s1. The average Bonchev–Trinajstić information content (AvgIpc) is 3.79. The van der Waals surface area contributed by atoms with Crippen molar-refractivity contribution in [1.29, 1.82) is 0 Å². The highest BCUT2D eigenvalue weighted by atomic mass is 35.5. The Hall–Kier alpha value is -4.07. The minimum absolute atomic E-state index is 0.0533. The Morgan fingerprint density at radius 3 is 2.06 bits per heavy atom. The van der Waals surface area contributed by atoms with E-state index in [1.54, 1.807) is 38.8 Å². The Morgan fingerprint density at radius 2 is 1.43 bits per heavy atom. The van der Waals surface area contributed by atoms with Gasteiger partial charge in [-0.15, -0.1) is 22.7 Å². The quantitative estimate of drug-likeness (QED) is 0.246. The van der Waals surface area contributed by atoms with Crippen molar-refractivity contribution in [3.05, 3.63) is 62.1 Å². The summed E-state index contributed by atoms with van der Waals surface area (Å²) in [7, 11) is 7.27. The first kappa shape index (κ1) is 31.5. The van der Waals surface area contributed by atoms with Gasteiger partial charge in [-0.3, -0.25) is 14.6 Å². The number of nitrogens with one attached hydrogen (secondary N) is 1. The minimum atomic E-state index is 0.0533. The molecule has 6 heterocycles. The molecule has 0 saturated carbocycles. The number of fused-ring (bicyclic) bond motifs is 7. The van der Waals surface area contributed by atoms with Gasteiger partial charge in [0.05, 0.1) is 17.3 Å². The van der Waals surface area contributed by atoms with E-state index in [-0.39, 0.29) is 23.7 Å². The first-order valence-corrected chi connectivity index (χ1v) is 17.5. The predicted octanol–water partition coefficient (Wildman–Crippen LogP) is 5.49. The molecule has 1 N–H and O–H groups in total. The number of amides is 2. The van der Waals surface area contributed by atoms with Crippen molar-refractivity contribution < 1.29 is 9.59 Å². The highest BCUT2D eigenvalue weighted by Gasteiger charge is 2.31. The molecule has 242 valence electrons. The van der Waals surface area contributed by atoms with Crippen molar-refractivity contribution in [2.45, 2.75) is 45.1 Å². The third-order valence-corrected chi connectivity index (χ3v) is 11.6. The smallest absolute Gasteiger partial charge is 0.225 e. The average molecular weight is 688 g/mol. The van der Waals surface area contributed by atoms with Crippen LogP contribution in [0.5, 0.6) is 0 Å². The van der Waals surface area contributed by atoms with Crippen molar-refractivity contribution >= 4 is 84.4 Å². The molecule has 0 spiro atoms. The highest BCUT2D eigenvalue weighted by molar-refractivity contribution is 7.19. The van der Waals surface area contributed by atoms with Crippen LogP contribution in [-0.4, -0.2) is 80.9 Å². The van der Waals surface area contributed by atoms with Gasteiger partial charge in [-0.1, -0.05) is 11.6 Å². The molecule has 47 heavy (non-hydrogen) atoms. The van der Waals surface area contributed by atoms with E-state index in [0.717, 1.165) is 81.7 Å². The van der Waals surface area contributed by atoms with Crippen LogP contribution in [0.2, 0.25) is 5.15 Å². The SMILES string of the molecule is CN(C)C(=O)[C@H]1CCc2c(sc3ncnc(Cl)c23)C1.CN(C)C(=O)[C@H]1CCc2c(sc3ncnc(Nc4cc5c(cn4)CN=C5)c23)C1. The number of aliphatic imine (C=N–C) groups is 1. The zero-order chi connectivity index (χ0) is 32.8. The van der Waals surface area contributed by atoms with Crippen molar-refractivity contribution in [2.75, 3.05) is 33.5 Å². The van der Waals surface area contributed by atoms with E-state index in [0.29, 0.717) is 11.7 Å². The molecule has 11 nitrogen and oxygen atoms in total. The summed E-state index contributed by atoms with van der Waals surface area (Å²) >= 11 is 9.48.